The van der Waals surface area contributed by atoms with Gasteiger partial charge in [0, 0.05) is 78.4 Å². The Hall–Kier alpha value is -4.10. The number of piperazine rings is 1. The zero-order valence-electron chi connectivity index (χ0n) is 26.9. The molecular formula is C34H45N7O5. The first-order chi connectivity index (χ1) is 22.4. The van der Waals surface area contributed by atoms with E-state index in [9.17, 15) is 14.7 Å². The molecule has 0 atom stereocenters. The molecule has 1 aliphatic heterocycles. The predicted octanol–water partition coefficient (Wildman–Crippen LogP) is 2.67. The normalized spacial score (nSPS) is 14.3. The smallest absolute Gasteiger partial charge is 0.307 e. The van der Waals surface area contributed by atoms with Crippen molar-refractivity contribution in [3.63, 3.8) is 0 Å². The van der Waals surface area contributed by atoms with Gasteiger partial charge in [-0.2, -0.15) is 0 Å². The number of rotatable bonds is 16. The van der Waals surface area contributed by atoms with Crippen LogP contribution in [0.2, 0.25) is 0 Å². The molecule has 1 amide bonds. The van der Waals surface area contributed by atoms with Gasteiger partial charge in [-0.25, -0.2) is 9.97 Å². The Morgan fingerprint density at radius 3 is 2.43 bits per heavy atom. The summed E-state index contributed by atoms with van der Waals surface area (Å²) in [7, 11) is 3.39. The summed E-state index contributed by atoms with van der Waals surface area (Å²) in [6.07, 6.45) is 1.25. The van der Waals surface area contributed by atoms with Crippen LogP contribution in [0.15, 0.2) is 48.5 Å². The summed E-state index contributed by atoms with van der Waals surface area (Å²) in [5.74, 6) is 0.441. The number of para-hydroxylation sites is 1. The molecule has 3 heterocycles. The lowest BCUT2D eigenvalue weighted by atomic mass is 10.1. The largest absolute Gasteiger partial charge is 0.481 e. The van der Waals surface area contributed by atoms with Crippen molar-refractivity contribution in [1.29, 1.82) is 0 Å². The first kappa shape index (κ1) is 33.3. The highest BCUT2D eigenvalue weighted by Gasteiger charge is 2.23. The Morgan fingerprint density at radius 1 is 0.935 bits per heavy atom. The summed E-state index contributed by atoms with van der Waals surface area (Å²) < 4.78 is 12.8. The molecule has 1 fully saturated rings. The molecule has 3 N–H and O–H groups in total. The number of aromatic nitrogens is 3. The monoisotopic (exact) mass is 631 g/mol. The third-order valence-electron chi connectivity index (χ3n) is 8.54. The molecule has 46 heavy (non-hydrogen) atoms. The summed E-state index contributed by atoms with van der Waals surface area (Å²) >= 11 is 0. The second-order valence-corrected chi connectivity index (χ2v) is 11.8. The quantitative estimate of drug-likeness (QED) is 0.190. The van der Waals surface area contributed by atoms with Gasteiger partial charge in [-0.1, -0.05) is 42.5 Å². The molecular weight excluding hydrogens is 586 g/mol. The molecule has 1 saturated heterocycles. The Balaban J connectivity index is 1.35. The number of hydrogen-bond donors (Lipinski definition) is 2. The lowest BCUT2D eigenvalue weighted by Crippen LogP contribution is -2.50. The molecule has 0 bridgehead atoms. The maximum absolute atomic E-state index is 13.9. The van der Waals surface area contributed by atoms with E-state index in [1.165, 1.54) is 0 Å². The molecule has 2 aromatic heterocycles. The van der Waals surface area contributed by atoms with Gasteiger partial charge in [-0.15, -0.1) is 0 Å². The van der Waals surface area contributed by atoms with Gasteiger partial charge in [-0.05, 0) is 23.6 Å². The fourth-order valence-corrected chi connectivity index (χ4v) is 6.16. The average molecular weight is 632 g/mol. The number of carboxylic acids is 1. The van der Waals surface area contributed by atoms with E-state index in [0.717, 1.165) is 66.1 Å². The molecule has 0 spiro atoms. The van der Waals surface area contributed by atoms with E-state index in [-0.39, 0.29) is 12.3 Å². The molecule has 1 aliphatic rings. The first-order valence-corrected chi connectivity index (χ1v) is 15.9. The van der Waals surface area contributed by atoms with Gasteiger partial charge in [0.05, 0.1) is 37.2 Å². The van der Waals surface area contributed by atoms with E-state index >= 15 is 0 Å². The van der Waals surface area contributed by atoms with Gasteiger partial charge < -0.3 is 29.8 Å². The van der Waals surface area contributed by atoms with E-state index in [1.54, 1.807) is 14.2 Å². The molecule has 0 unspecified atom stereocenters. The Labute approximate surface area is 269 Å². The van der Waals surface area contributed by atoms with E-state index in [2.05, 4.69) is 19.4 Å². The molecule has 246 valence electrons. The number of amides is 1. The van der Waals surface area contributed by atoms with Gasteiger partial charge in [0.2, 0.25) is 5.91 Å². The SMILES string of the molecule is COCCc1nc2c(N)nc3ccccc3c2n1CCCN(Cc1cccc(CC(=O)O)c1)C(=O)CN1CCN(CCOC)CC1. The van der Waals surface area contributed by atoms with Crippen LogP contribution in [0.4, 0.5) is 5.82 Å². The van der Waals surface area contributed by atoms with Crippen molar-refractivity contribution < 1.29 is 24.2 Å². The number of carboxylic acid groups (broad SMARTS) is 1. The van der Waals surface area contributed by atoms with Crippen LogP contribution in [0.5, 0.6) is 0 Å². The minimum atomic E-state index is -0.880. The number of pyridine rings is 1. The van der Waals surface area contributed by atoms with Crippen LogP contribution >= 0.6 is 0 Å². The number of anilines is 1. The van der Waals surface area contributed by atoms with Crippen LogP contribution < -0.4 is 5.73 Å². The lowest BCUT2D eigenvalue weighted by molar-refractivity contribution is -0.136. The lowest BCUT2D eigenvalue weighted by Gasteiger charge is -2.35. The number of nitrogens with zero attached hydrogens (tertiary/aromatic N) is 6. The summed E-state index contributed by atoms with van der Waals surface area (Å²) in [5, 5.41) is 10.3. The van der Waals surface area contributed by atoms with Crippen LogP contribution in [0, 0.1) is 0 Å². The number of benzene rings is 2. The van der Waals surface area contributed by atoms with E-state index < -0.39 is 5.97 Å². The number of carbonyl (C=O) groups is 2. The molecule has 12 nitrogen and oxygen atoms in total. The molecule has 12 heteroatoms. The van der Waals surface area contributed by atoms with E-state index in [4.69, 9.17) is 20.2 Å². The summed E-state index contributed by atoms with van der Waals surface area (Å²) in [6, 6.07) is 15.4. The standard InChI is InChI=1S/C34H45N7O5/c1-45-19-11-29-37-32-33(27-9-3-4-10-28(27)36-34(32)35)41(29)13-6-12-40(23-26-8-5-7-25(21-26)22-31(43)44)30(42)24-39-16-14-38(15-17-39)18-20-46-2/h3-5,7-10,21H,6,11-20,22-24H2,1-2H3,(H2,35,36)(H,43,44). The highest BCUT2D eigenvalue weighted by Crippen LogP contribution is 2.29. The van der Waals surface area contributed by atoms with Crippen molar-refractivity contribution in [1.82, 2.24) is 29.2 Å². The van der Waals surface area contributed by atoms with Gasteiger partial charge >= 0.3 is 5.97 Å². The van der Waals surface area contributed by atoms with Crippen molar-refractivity contribution in [2.75, 3.05) is 79.0 Å². The van der Waals surface area contributed by atoms with E-state index in [1.807, 2.05) is 53.4 Å². The van der Waals surface area contributed by atoms with Gasteiger partial charge in [0.15, 0.2) is 5.82 Å². The Kier molecular flexibility index (Phi) is 11.5. The fraction of sp³-hybridized carbons (Fsp3) is 0.471. The maximum Gasteiger partial charge on any atom is 0.307 e. The minimum Gasteiger partial charge on any atom is -0.481 e. The van der Waals surface area contributed by atoms with Crippen LogP contribution in [0.1, 0.15) is 23.4 Å². The molecule has 4 aromatic rings. The zero-order valence-corrected chi connectivity index (χ0v) is 26.9. The number of aliphatic carboxylic acids is 1. The van der Waals surface area contributed by atoms with Crippen LogP contribution in [-0.2, 0) is 45.0 Å². The highest BCUT2D eigenvalue weighted by molar-refractivity contribution is 6.06. The third-order valence-corrected chi connectivity index (χ3v) is 8.54. The van der Waals surface area contributed by atoms with Crippen molar-refractivity contribution in [2.24, 2.45) is 0 Å². The number of imidazole rings is 1. The maximum atomic E-state index is 13.9. The van der Waals surface area contributed by atoms with E-state index in [0.29, 0.717) is 63.6 Å². The Morgan fingerprint density at radius 2 is 1.67 bits per heavy atom. The topological polar surface area (TPSA) is 139 Å². The number of nitrogen functional groups attached to an aromatic ring is 1. The molecule has 5 rings (SSSR count). The second-order valence-electron chi connectivity index (χ2n) is 11.8. The number of fused-ring (bicyclic) bond motifs is 3. The summed E-state index contributed by atoms with van der Waals surface area (Å²) in [4.78, 5) is 41.2. The second kappa shape index (κ2) is 15.9. The van der Waals surface area contributed by atoms with Crippen molar-refractivity contribution in [3.05, 3.63) is 65.5 Å². The zero-order chi connectivity index (χ0) is 32.5. The van der Waals surface area contributed by atoms with Crippen LogP contribution in [0.25, 0.3) is 21.9 Å². The van der Waals surface area contributed by atoms with Gasteiger partial charge in [0.25, 0.3) is 0 Å². The number of hydrogen-bond acceptors (Lipinski definition) is 9. The molecule has 0 saturated carbocycles. The van der Waals surface area contributed by atoms with Gasteiger partial charge in [0.1, 0.15) is 11.3 Å². The molecule has 0 aliphatic carbocycles. The number of aryl methyl sites for hydroxylation is 1. The average Bonchev–Trinajstić information content (AvgIpc) is 3.42. The number of nitrogens with two attached hydrogens (primary N) is 1. The van der Waals surface area contributed by atoms with Crippen LogP contribution in [-0.4, -0.2) is 119 Å². The highest BCUT2D eigenvalue weighted by atomic mass is 16.5. The number of carbonyl (C=O) groups excluding carboxylic acids is 1. The van der Waals surface area contributed by atoms with Crippen molar-refractivity contribution >= 4 is 39.6 Å². The van der Waals surface area contributed by atoms with Crippen molar-refractivity contribution in [3.8, 4) is 0 Å². The summed E-state index contributed by atoms with van der Waals surface area (Å²) in [5.41, 5.74) is 10.4. The predicted molar refractivity (Wildman–Crippen MR) is 178 cm³/mol. The minimum absolute atomic E-state index is 0.0565. The first-order valence-electron chi connectivity index (χ1n) is 15.9. The fourth-order valence-electron chi connectivity index (χ4n) is 6.16. The summed E-state index contributed by atoms with van der Waals surface area (Å²) in [6.45, 7) is 7.46. The Bertz CT molecular complexity index is 1630. The third kappa shape index (κ3) is 8.38. The van der Waals surface area contributed by atoms with Crippen LogP contribution in [0.3, 0.4) is 0 Å². The van der Waals surface area contributed by atoms with Crippen molar-refractivity contribution in [2.45, 2.75) is 32.4 Å². The molecule has 2 aromatic carbocycles. The van der Waals surface area contributed by atoms with Gasteiger partial charge in [-0.3, -0.25) is 19.4 Å². The number of ether oxygens (including phenoxy) is 2. The molecule has 0 radical (unpaired) electrons. The number of methoxy groups -OCH3 is 2.